The van der Waals surface area contributed by atoms with E-state index < -0.39 is 0 Å². The molecule has 0 atom stereocenters. The van der Waals surface area contributed by atoms with Crippen molar-refractivity contribution in [1.82, 2.24) is 15.0 Å². The highest BCUT2D eigenvalue weighted by molar-refractivity contribution is 5.91. The molecule has 0 aliphatic rings. The van der Waals surface area contributed by atoms with Crippen molar-refractivity contribution in [3.8, 4) is 22.4 Å². The summed E-state index contributed by atoms with van der Waals surface area (Å²) in [4.78, 5) is 13.4. The van der Waals surface area contributed by atoms with Crippen LogP contribution < -0.4 is 0 Å². The maximum absolute atomic E-state index is 4.66. The van der Waals surface area contributed by atoms with Crippen LogP contribution in [0, 0.1) is 6.92 Å². The molecule has 0 aliphatic carbocycles. The molecule has 110 valence electrons. The Morgan fingerprint density at radius 2 is 1.48 bits per heavy atom. The summed E-state index contributed by atoms with van der Waals surface area (Å²) in [6, 6.07) is 22.7. The van der Waals surface area contributed by atoms with Gasteiger partial charge in [0.1, 0.15) is 5.82 Å². The minimum atomic E-state index is 0.733. The first kappa shape index (κ1) is 13.6. The Balaban J connectivity index is 1.92. The number of hydrogen-bond donors (Lipinski definition) is 0. The third-order valence-corrected chi connectivity index (χ3v) is 3.83. The van der Waals surface area contributed by atoms with Gasteiger partial charge in [-0.3, -0.25) is 0 Å². The van der Waals surface area contributed by atoms with Gasteiger partial charge in [-0.25, -0.2) is 15.0 Å². The van der Waals surface area contributed by atoms with Crippen LogP contribution in [0.5, 0.6) is 0 Å². The number of pyridine rings is 1. The average Bonchev–Trinajstić information content (AvgIpc) is 2.62. The van der Waals surface area contributed by atoms with Gasteiger partial charge in [-0.15, -0.1) is 0 Å². The van der Waals surface area contributed by atoms with Crippen LogP contribution in [0.25, 0.3) is 33.4 Å². The standard InChI is InChI=1S/C20H15N3/c1-14-22-19(18-11-6-12-21-20(18)23-14)17-10-5-9-16(13-17)15-7-3-2-4-8-15/h2-13H,1H3. The fourth-order valence-electron chi connectivity index (χ4n) is 2.77. The fraction of sp³-hybridized carbons (Fsp3) is 0.0500. The molecule has 2 aromatic carbocycles. The highest BCUT2D eigenvalue weighted by atomic mass is 14.9. The fourth-order valence-corrected chi connectivity index (χ4v) is 2.77. The number of nitrogens with zero attached hydrogens (tertiary/aromatic N) is 3. The number of fused-ring (bicyclic) bond motifs is 1. The monoisotopic (exact) mass is 297 g/mol. The molecule has 0 bridgehead atoms. The zero-order valence-corrected chi connectivity index (χ0v) is 12.8. The molecule has 23 heavy (non-hydrogen) atoms. The molecule has 0 amide bonds. The summed E-state index contributed by atoms with van der Waals surface area (Å²) < 4.78 is 0. The lowest BCUT2D eigenvalue weighted by Crippen LogP contribution is -1.95. The van der Waals surface area contributed by atoms with Gasteiger partial charge in [0.05, 0.1) is 5.69 Å². The average molecular weight is 297 g/mol. The molecule has 0 aliphatic heterocycles. The lowest BCUT2D eigenvalue weighted by Gasteiger charge is -2.08. The predicted molar refractivity (Wildman–Crippen MR) is 92.9 cm³/mol. The Morgan fingerprint density at radius 1 is 0.696 bits per heavy atom. The molecule has 0 fully saturated rings. The molecular formula is C20H15N3. The second kappa shape index (κ2) is 5.61. The van der Waals surface area contributed by atoms with E-state index in [9.17, 15) is 0 Å². The van der Waals surface area contributed by atoms with Gasteiger partial charge in [-0.1, -0.05) is 48.5 Å². The van der Waals surface area contributed by atoms with Crippen LogP contribution in [0.4, 0.5) is 0 Å². The molecule has 0 saturated heterocycles. The van der Waals surface area contributed by atoms with Crippen LogP contribution in [-0.2, 0) is 0 Å². The summed E-state index contributed by atoms with van der Waals surface area (Å²) >= 11 is 0. The van der Waals surface area contributed by atoms with Crippen molar-refractivity contribution >= 4 is 11.0 Å². The van der Waals surface area contributed by atoms with Crippen molar-refractivity contribution in [2.45, 2.75) is 6.92 Å². The Kier molecular flexibility index (Phi) is 3.31. The minimum absolute atomic E-state index is 0.733. The first-order valence-corrected chi connectivity index (χ1v) is 7.56. The Morgan fingerprint density at radius 3 is 2.35 bits per heavy atom. The highest BCUT2D eigenvalue weighted by Crippen LogP contribution is 2.29. The zero-order chi connectivity index (χ0) is 15.6. The number of aromatic nitrogens is 3. The Hall–Kier alpha value is -3.07. The molecule has 4 rings (SSSR count). The van der Waals surface area contributed by atoms with E-state index in [1.807, 2.05) is 25.1 Å². The van der Waals surface area contributed by atoms with Gasteiger partial charge in [0.2, 0.25) is 0 Å². The maximum atomic E-state index is 4.66. The van der Waals surface area contributed by atoms with Crippen LogP contribution in [0.1, 0.15) is 5.82 Å². The van der Waals surface area contributed by atoms with Crippen molar-refractivity contribution in [2.75, 3.05) is 0 Å². The van der Waals surface area contributed by atoms with Crippen LogP contribution in [0.2, 0.25) is 0 Å². The number of hydrogen-bond acceptors (Lipinski definition) is 3. The van der Waals surface area contributed by atoms with Gasteiger partial charge in [0.25, 0.3) is 0 Å². The zero-order valence-electron chi connectivity index (χ0n) is 12.8. The van der Waals surface area contributed by atoms with Gasteiger partial charge < -0.3 is 0 Å². The summed E-state index contributed by atoms with van der Waals surface area (Å²) in [6.07, 6.45) is 1.76. The molecule has 0 radical (unpaired) electrons. The van der Waals surface area contributed by atoms with Crippen molar-refractivity contribution in [3.63, 3.8) is 0 Å². The van der Waals surface area contributed by atoms with Gasteiger partial charge >= 0.3 is 0 Å². The summed E-state index contributed by atoms with van der Waals surface area (Å²) in [7, 11) is 0. The summed E-state index contributed by atoms with van der Waals surface area (Å²) in [6.45, 7) is 1.90. The van der Waals surface area contributed by atoms with Crippen LogP contribution in [0.3, 0.4) is 0 Å². The molecule has 2 aromatic heterocycles. The Bertz CT molecular complexity index is 978. The smallest absolute Gasteiger partial charge is 0.163 e. The van der Waals surface area contributed by atoms with Crippen molar-refractivity contribution in [1.29, 1.82) is 0 Å². The number of aryl methyl sites for hydroxylation is 1. The lowest BCUT2D eigenvalue weighted by atomic mass is 10.0. The van der Waals surface area contributed by atoms with Gasteiger partial charge in [-0.2, -0.15) is 0 Å². The van der Waals surface area contributed by atoms with E-state index in [0.717, 1.165) is 28.1 Å². The van der Waals surface area contributed by atoms with Gasteiger partial charge in [0.15, 0.2) is 5.65 Å². The van der Waals surface area contributed by atoms with Crippen molar-refractivity contribution in [2.24, 2.45) is 0 Å². The van der Waals surface area contributed by atoms with E-state index in [-0.39, 0.29) is 0 Å². The highest BCUT2D eigenvalue weighted by Gasteiger charge is 2.09. The minimum Gasteiger partial charge on any atom is -0.237 e. The molecular weight excluding hydrogens is 282 g/mol. The third-order valence-electron chi connectivity index (χ3n) is 3.83. The molecule has 4 aromatic rings. The summed E-state index contributed by atoms with van der Waals surface area (Å²) in [5, 5.41) is 0.975. The van der Waals surface area contributed by atoms with E-state index in [4.69, 9.17) is 0 Å². The van der Waals surface area contributed by atoms with E-state index in [2.05, 4.69) is 63.5 Å². The molecule has 0 saturated carbocycles. The SMILES string of the molecule is Cc1nc(-c2cccc(-c3ccccc3)c2)c2cccnc2n1. The first-order chi connectivity index (χ1) is 11.3. The molecule has 3 heteroatoms. The summed E-state index contributed by atoms with van der Waals surface area (Å²) in [5.41, 5.74) is 5.12. The molecule has 0 spiro atoms. The second-order valence-corrected chi connectivity index (χ2v) is 5.44. The van der Waals surface area contributed by atoms with Gasteiger partial charge in [0, 0.05) is 17.1 Å². The van der Waals surface area contributed by atoms with E-state index in [1.54, 1.807) is 6.20 Å². The van der Waals surface area contributed by atoms with E-state index in [0.29, 0.717) is 0 Å². The third kappa shape index (κ3) is 2.57. The van der Waals surface area contributed by atoms with Gasteiger partial charge in [-0.05, 0) is 36.2 Å². The maximum Gasteiger partial charge on any atom is 0.163 e. The number of rotatable bonds is 2. The second-order valence-electron chi connectivity index (χ2n) is 5.44. The predicted octanol–water partition coefficient (Wildman–Crippen LogP) is 4.67. The first-order valence-electron chi connectivity index (χ1n) is 7.56. The molecule has 0 N–H and O–H groups in total. The van der Waals surface area contributed by atoms with Crippen LogP contribution >= 0.6 is 0 Å². The van der Waals surface area contributed by atoms with E-state index >= 15 is 0 Å². The van der Waals surface area contributed by atoms with Crippen LogP contribution in [0.15, 0.2) is 72.9 Å². The Labute approximate surface area is 134 Å². The summed E-state index contributed by atoms with van der Waals surface area (Å²) in [5.74, 6) is 0.733. The molecule has 3 nitrogen and oxygen atoms in total. The van der Waals surface area contributed by atoms with Crippen molar-refractivity contribution in [3.05, 3.63) is 78.8 Å². The quantitative estimate of drug-likeness (QED) is 0.540. The normalized spacial score (nSPS) is 10.8. The van der Waals surface area contributed by atoms with E-state index in [1.165, 1.54) is 11.1 Å². The van der Waals surface area contributed by atoms with Crippen LogP contribution in [-0.4, -0.2) is 15.0 Å². The molecule has 0 unspecified atom stereocenters. The van der Waals surface area contributed by atoms with Crippen molar-refractivity contribution < 1.29 is 0 Å². The lowest BCUT2D eigenvalue weighted by molar-refractivity contribution is 1.08. The number of benzene rings is 2. The largest absolute Gasteiger partial charge is 0.237 e. The molecule has 2 heterocycles. The topological polar surface area (TPSA) is 38.7 Å².